The molecule has 156 valence electrons. The largest absolute Gasteiger partial charge is 0.481 e. The second kappa shape index (κ2) is 7.31. The maximum atomic E-state index is 11.2. The summed E-state index contributed by atoms with van der Waals surface area (Å²) in [6.45, 7) is 7.39. The van der Waals surface area contributed by atoms with Crippen LogP contribution in [-0.2, 0) is 9.59 Å². The lowest BCUT2D eigenvalue weighted by Gasteiger charge is -2.60. The molecule has 0 aromatic carbocycles. The normalized spacial score (nSPS) is 46.1. The number of carboxylic acids is 1. The molecule has 28 heavy (non-hydrogen) atoms. The number of fused-ring (bicyclic) bond motifs is 5. The Bertz CT molecular complexity index is 677. The van der Waals surface area contributed by atoms with Crippen molar-refractivity contribution in [3.63, 3.8) is 0 Å². The zero-order valence-corrected chi connectivity index (χ0v) is 18.0. The van der Waals surface area contributed by atoms with Crippen LogP contribution in [0.5, 0.6) is 0 Å². The number of carbonyl (C=O) groups is 1. The van der Waals surface area contributed by atoms with Crippen molar-refractivity contribution in [2.45, 2.75) is 91.4 Å². The first-order valence-electron chi connectivity index (χ1n) is 11.7. The third kappa shape index (κ3) is 3.09. The van der Waals surface area contributed by atoms with E-state index in [2.05, 4.69) is 26.7 Å². The first-order chi connectivity index (χ1) is 13.3. The fourth-order valence-electron chi connectivity index (χ4n) is 8.70. The van der Waals surface area contributed by atoms with Crippen LogP contribution in [0.3, 0.4) is 0 Å². The van der Waals surface area contributed by atoms with Gasteiger partial charge in [0.25, 0.3) is 0 Å². The fourth-order valence-corrected chi connectivity index (χ4v) is 8.70. The van der Waals surface area contributed by atoms with E-state index in [1.54, 1.807) is 0 Å². The Labute approximate surface area is 170 Å². The summed E-state index contributed by atoms with van der Waals surface area (Å²) in [6.07, 6.45) is 12.2. The molecule has 3 nitrogen and oxygen atoms in total. The Hall–Kier alpha value is -1.08. The minimum atomic E-state index is -0.650. The molecule has 3 heteroatoms. The lowest BCUT2D eigenvalue weighted by molar-refractivity contribution is -0.137. The molecule has 0 amide bonds. The Balaban J connectivity index is 1.52. The van der Waals surface area contributed by atoms with Crippen LogP contribution in [0.4, 0.5) is 0 Å². The van der Waals surface area contributed by atoms with E-state index in [0.29, 0.717) is 35.0 Å². The van der Waals surface area contributed by atoms with Crippen molar-refractivity contribution in [1.82, 2.24) is 0 Å². The highest BCUT2D eigenvalue weighted by molar-refractivity contribution is 5.66. The van der Waals surface area contributed by atoms with Crippen LogP contribution in [-0.4, -0.2) is 17.0 Å². The van der Waals surface area contributed by atoms with Gasteiger partial charge in [-0.05, 0) is 111 Å². The van der Waals surface area contributed by atoms with Gasteiger partial charge in [-0.3, -0.25) is 4.79 Å². The maximum Gasteiger partial charge on any atom is 0.303 e. The second-order valence-electron chi connectivity index (χ2n) is 11.2. The molecule has 8 atom stereocenters. The van der Waals surface area contributed by atoms with Crippen LogP contribution in [0.25, 0.3) is 0 Å². The topological polar surface area (TPSA) is 54.4 Å². The molecule has 0 heterocycles. The van der Waals surface area contributed by atoms with E-state index < -0.39 is 5.97 Å². The van der Waals surface area contributed by atoms with Gasteiger partial charge in [-0.25, -0.2) is 4.79 Å². The van der Waals surface area contributed by atoms with Crippen molar-refractivity contribution in [3.05, 3.63) is 5.57 Å². The molecule has 1 unspecified atom stereocenters. The Morgan fingerprint density at radius 1 is 1.11 bits per heavy atom. The average Bonchev–Trinajstić information content (AvgIpc) is 3.02. The molecule has 4 saturated carbocycles. The number of carbonyl (C=O) groups excluding carboxylic acids is 1. The van der Waals surface area contributed by atoms with Gasteiger partial charge in [0.05, 0.1) is 0 Å². The van der Waals surface area contributed by atoms with Gasteiger partial charge in [0.1, 0.15) is 5.94 Å². The minimum Gasteiger partial charge on any atom is -0.481 e. The van der Waals surface area contributed by atoms with Crippen molar-refractivity contribution >= 4 is 11.9 Å². The summed E-state index contributed by atoms with van der Waals surface area (Å²) in [4.78, 5) is 22.3. The third-order valence-electron chi connectivity index (χ3n) is 10.2. The van der Waals surface area contributed by atoms with E-state index in [4.69, 9.17) is 5.11 Å². The molecule has 4 aliphatic carbocycles. The van der Waals surface area contributed by atoms with Gasteiger partial charge in [-0.2, -0.15) is 0 Å². The number of hydrogen-bond acceptors (Lipinski definition) is 2. The summed E-state index contributed by atoms with van der Waals surface area (Å²) in [7, 11) is 0. The number of aliphatic carboxylic acids is 1. The summed E-state index contributed by atoms with van der Waals surface area (Å²) < 4.78 is 0. The average molecular weight is 387 g/mol. The molecular weight excluding hydrogens is 348 g/mol. The molecule has 4 rings (SSSR count). The molecule has 0 spiro atoms. The summed E-state index contributed by atoms with van der Waals surface area (Å²) >= 11 is 0. The summed E-state index contributed by atoms with van der Waals surface area (Å²) in [6, 6.07) is 0. The molecule has 0 aromatic rings. The minimum absolute atomic E-state index is 0.316. The lowest BCUT2D eigenvalue weighted by atomic mass is 9.44. The highest BCUT2D eigenvalue weighted by Gasteiger charge is 2.60. The fraction of sp³-hybridized carbons (Fsp3) is 0.880. The van der Waals surface area contributed by atoms with Gasteiger partial charge in [0.2, 0.25) is 0 Å². The van der Waals surface area contributed by atoms with Gasteiger partial charge in [-0.1, -0.05) is 20.8 Å². The Kier molecular flexibility index (Phi) is 5.28. The van der Waals surface area contributed by atoms with Crippen LogP contribution < -0.4 is 0 Å². The molecule has 0 saturated heterocycles. The molecule has 0 radical (unpaired) electrons. The zero-order chi connectivity index (χ0) is 20.1. The standard InChI is InChI=1S/C25H38O3/c1-16(4-9-23(27)28)20-7-8-21-19-6-5-18-14-17(15-26)10-12-24(18,2)22(19)11-13-25(20,21)3/h16,18-22H,4-14H2,1-3H3,(H,27,28)/t16?,18-,19+,20-,21+,22+,24+,25-/m1/s1. The molecule has 4 fully saturated rings. The Morgan fingerprint density at radius 3 is 2.57 bits per heavy atom. The number of carboxylic acid groups (broad SMARTS) is 1. The van der Waals surface area contributed by atoms with Gasteiger partial charge < -0.3 is 5.11 Å². The second-order valence-corrected chi connectivity index (χ2v) is 11.2. The summed E-state index contributed by atoms with van der Waals surface area (Å²) in [5.41, 5.74) is 1.86. The predicted octanol–water partition coefficient (Wildman–Crippen LogP) is 5.90. The van der Waals surface area contributed by atoms with Crippen LogP contribution in [0.1, 0.15) is 91.4 Å². The van der Waals surface area contributed by atoms with Crippen LogP contribution in [0.2, 0.25) is 0 Å². The smallest absolute Gasteiger partial charge is 0.303 e. The molecule has 0 aromatic heterocycles. The molecule has 0 bridgehead atoms. The highest BCUT2D eigenvalue weighted by atomic mass is 16.4. The van der Waals surface area contributed by atoms with Crippen molar-refractivity contribution in [1.29, 1.82) is 0 Å². The van der Waals surface area contributed by atoms with Gasteiger partial charge >= 0.3 is 5.97 Å². The zero-order valence-electron chi connectivity index (χ0n) is 18.0. The number of hydrogen-bond donors (Lipinski definition) is 1. The maximum absolute atomic E-state index is 11.2. The van der Waals surface area contributed by atoms with Crippen LogP contribution in [0, 0.1) is 46.3 Å². The lowest BCUT2D eigenvalue weighted by Crippen LogP contribution is -2.53. The van der Waals surface area contributed by atoms with E-state index in [0.717, 1.165) is 42.6 Å². The van der Waals surface area contributed by atoms with E-state index in [1.807, 2.05) is 0 Å². The predicted molar refractivity (Wildman–Crippen MR) is 110 cm³/mol. The van der Waals surface area contributed by atoms with Gasteiger partial charge in [0, 0.05) is 12.0 Å². The quantitative estimate of drug-likeness (QED) is 0.612. The molecular formula is C25H38O3. The van der Waals surface area contributed by atoms with Crippen molar-refractivity contribution in [2.24, 2.45) is 46.3 Å². The van der Waals surface area contributed by atoms with Crippen molar-refractivity contribution < 1.29 is 14.7 Å². The van der Waals surface area contributed by atoms with E-state index in [1.165, 1.54) is 44.9 Å². The van der Waals surface area contributed by atoms with Crippen molar-refractivity contribution in [2.75, 3.05) is 0 Å². The summed E-state index contributed by atoms with van der Waals surface area (Å²) in [5, 5.41) is 9.11. The van der Waals surface area contributed by atoms with Gasteiger partial charge in [-0.15, -0.1) is 0 Å². The third-order valence-corrected chi connectivity index (χ3v) is 10.2. The molecule has 4 aliphatic rings. The van der Waals surface area contributed by atoms with Gasteiger partial charge in [0.15, 0.2) is 0 Å². The first-order valence-corrected chi connectivity index (χ1v) is 11.7. The van der Waals surface area contributed by atoms with Crippen LogP contribution >= 0.6 is 0 Å². The molecule has 1 N–H and O–H groups in total. The van der Waals surface area contributed by atoms with Crippen molar-refractivity contribution in [3.8, 4) is 0 Å². The molecule has 0 aliphatic heterocycles. The van der Waals surface area contributed by atoms with E-state index >= 15 is 0 Å². The SMILES string of the molecule is CC(CCC(=O)O)[C@H]1CC[C@H]2[C@@H]3CC[C@@H]4CC(=C=O)CC[C@]4(C)[C@H]3CC[C@]12C. The van der Waals surface area contributed by atoms with E-state index in [9.17, 15) is 9.59 Å². The number of rotatable bonds is 4. The van der Waals surface area contributed by atoms with Crippen LogP contribution in [0.15, 0.2) is 5.57 Å². The van der Waals surface area contributed by atoms with E-state index in [-0.39, 0.29) is 0 Å². The first kappa shape index (κ1) is 20.2. The number of allylic oxidation sites excluding steroid dienone is 1. The highest BCUT2D eigenvalue weighted by Crippen LogP contribution is 2.68. The summed E-state index contributed by atoms with van der Waals surface area (Å²) in [5.74, 6) is 5.98. The monoisotopic (exact) mass is 386 g/mol. The Morgan fingerprint density at radius 2 is 1.86 bits per heavy atom.